The molecule has 1 saturated carbocycles. The van der Waals surface area contributed by atoms with Gasteiger partial charge in [-0.05, 0) is 37.5 Å². The van der Waals surface area contributed by atoms with E-state index in [1.807, 2.05) is 0 Å². The number of amides is 1. The van der Waals surface area contributed by atoms with Gasteiger partial charge in [0.15, 0.2) is 0 Å². The molecule has 1 heterocycles. The Morgan fingerprint density at radius 2 is 1.89 bits per heavy atom. The van der Waals surface area contributed by atoms with Crippen LogP contribution in [0.25, 0.3) is 0 Å². The Morgan fingerprint density at radius 3 is 2.47 bits per heavy atom. The molecule has 2 aliphatic rings. The fourth-order valence-electron chi connectivity index (χ4n) is 2.93. The Morgan fingerprint density at radius 1 is 1.26 bits per heavy atom. The maximum Gasteiger partial charge on any atom is 0.306 e. The van der Waals surface area contributed by atoms with Gasteiger partial charge in [0.05, 0.1) is 5.92 Å². The number of hydrogen-bond donors (Lipinski definition) is 2. The zero-order valence-electron chi connectivity index (χ0n) is 11.5. The Bertz CT molecular complexity index is 349. The van der Waals surface area contributed by atoms with E-state index in [9.17, 15) is 9.59 Å². The molecule has 5 heteroatoms. The molecule has 2 fully saturated rings. The summed E-state index contributed by atoms with van der Waals surface area (Å²) in [5, 5.41) is 11.9. The molecular weight excluding hydrogens is 246 g/mol. The van der Waals surface area contributed by atoms with Gasteiger partial charge in [-0.2, -0.15) is 0 Å². The number of hydrogen-bond acceptors (Lipinski definition) is 3. The van der Waals surface area contributed by atoms with Crippen LogP contribution in [0.1, 0.15) is 39.0 Å². The number of aliphatic carboxylic acids is 1. The Balaban J connectivity index is 1.77. The summed E-state index contributed by atoms with van der Waals surface area (Å²) in [6, 6.07) is 0. The van der Waals surface area contributed by atoms with Crippen LogP contribution in [0.3, 0.4) is 0 Å². The predicted octanol–water partition coefficient (Wildman–Crippen LogP) is 1.42. The van der Waals surface area contributed by atoms with E-state index in [1.54, 1.807) is 0 Å². The van der Waals surface area contributed by atoms with Crippen LogP contribution in [-0.2, 0) is 14.3 Å². The van der Waals surface area contributed by atoms with Crippen molar-refractivity contribution in [2.75, 3.05) is 19.8 Å². The van der Waals surface area contributed by atoms with Crippen molar-refractivity contribution >= 4 is 11.9 Å². The quantitative estimate of drug-likeness (QED) is 0.809. The third-order valence-electron chi connectivity index (χ3n) is 4.54. The molecule has 0 aromatic carbocycles. The second-order valence-electron chi connectivity index (χ2n) is 6.19. The van der Waals surface area contributed by atoms with Crippen molar-refractivity contribution in [2.45, 2.75) is 39.0 Å². The van der Waals surface area contributed by atoms with Gasteiger partial charge in [0.2, 0.25) is 5.91 Å². The molecule has 0 bridgehead atoms. The highest BCUT2D eigenvalue weighted by atomic mass is 16.5. The summed E-state index contributed by atoms with van der Waals surface area (Å²) in [5.74, 6) is -1.21. The first-order valence-electron chi connectivity index (χ1n) is 7.08. The van der Waals surface area contributed by atoms with Gasteiger partial charge in [-0.25, -0.2) is 0 Å². The third kappa shape index (κ3) is 3.69. The van der Waals surface area contributed by atoms with E-state index in [1.165, 1.54) is 0 Å². The number of carbonyl (C=O) groups is 2. The predicted molar refractivity (Wildman–Crippen MR) is 69.6 cm³/mol. The largest absolute Gasteiger partial charge is 0.481 e. The molecule has 0 aromatic rings. The molecule has 0 spiro atoms. The summed E-state index contributed by atoms with van der Waals surface area (Å²) >= 11 is 0. The molecule has 108 valence electrons. The van der Waals surface area contributed by atoms with Crippen LogP contribution < -0.4 is 5.32 Å². The van der Waals surface area contributed by atoms with Crippen LogP contribution in [0, 0.1) is 17.3 Å². The molecule has 2 atom stereocenters. The normalized spacial score (nSPS) is 29.9. The van der Waals surface area contributed by atoms with Crippen LogP contribution in [0.2, 0.25) is 0 Å². The van der Waals surface area contributed by atoms with Gasteiger partial charge < -0.3 is 15.2 Å². The van der Waals surface area contributed by atoms with Crippen molar-refractivity contribution < 1.29 is 19.4 Å². The van der Waals surface area contributed by atoms with Gasteiger partial charge in [0.1, 0.15) is 0 Å². The van der Waals surface area contributed by atoms with E-state index in [0.717, 1.165) is 26.1 Å². The highest BCUT2D eigenvalue weighted by molar-refractivity contribution is 5.80. The summed E-state index contributed by atoms with van der Waals surface area (Å²) in [7, 11) is 0. The Hall–Kier alpha value is -1.10. The van der Waals surface area contributed by atoms with Crippen LogP contribution in [0.5, 0.6) is 0 Å². The van der Waals surface area contributed by atoms with Crippen molar-refractivity contribution in [3.05, 3.63) is 0 Å². The summed E-state index contributed by atoms with van der Waals surface area (Å²) in [6.07, 6.45) is 3.74. The van der Waals surface area contributed by atoms with Gasteiger partial charge in [-0.3, -0.25) is 9.59 Å². The van der Waals surface area contributed by atoms with Crippen LogP contribution in [0.4, 0.5) is 0 Å². The molecule has 2 rings (SSSR count). The number of nitrogens with one attached hydrogen (secondary N) is 1. The van der Waals surface area contributed by atoms with Crippen molar-refractivity contribution in [1.82, 2.24) is 5.32 Å². The molecule has 1 aliphatic heterocycles. The Labute approximate surface area is 113 Å². The SMILES string of the molecule is CC1(CNC(=O)C2CCC(C(=O)O)C2)CCOCC1. The average Bonchev–Trinajstić information content (AvgIpc) is 2.87. The number of carboxylic acids is 1. The minimum atomic E-state index is -0.772. The molecule has 2 unspecified atom stereocenters. The lowest BCUT2D eigenvalue weighted by atomic mass is 9.82. The van der Waals surface area contributed by atoms with Gasteiger partial charge >= 0.3 is 5.97 Å². The topological polar surface area (TPSA) is 75.6 Å². The summed E-state index contributed by atoms with van der Waals surface area (Å²) < 4.78 is 5.33. The van der Waals surface area contributed by atoms with E-state index in [2.05, 4.69) is 12.2 Å². The van der Waals surface area contributed by atoms with Gasteiger partial charge in [-0.1, -0.05) is 6.92 Å². The molecule has 1 aliphatic carbocycles. The number of carboxylic acid groups (broad SMARTS) is 1. The third-order valence-corrected chi connectivity index (χ3v) is 4.54. The van der Waals surface area contributed by atoms with E-state index >= 15 is 0 Å². The molecule has 19 heavy (non-hydrogen) atoms. The van der Waals surface area contributed by atoms with Crippen molar-refractivity contribution in [3.8, 4) is 0 Å². The Kier molecular flexibility index (Phi) is 4.45. The maximum atomic E-state index is 12.1. The minimum absolute atomic E-state index is 0.0245. The zero-order valence-corrected chi connectivity index (χ0v) is 11.5. The van der Waals surface area contributed by atoms with Crippen molar-refractivity contribution in [2.24, 2.45) is 17.3 Å². The second-order valence-corrected chi connectivity index (χ2v) is 6.19. The second kappa shape index (κ2) is 5.90. The van der Waals surface area contributed by atoms with Crippen LogP contribution >= 0.6 is 0 Å². The fraction of sp³-hybridized carbons (Fsp3) is 0.857. The molecule has 2 N–H and O–H groups in total. The summed E-state index contributed by atoms with van der Waals surface area (Å²) in [6.45, 7) is 4.36. The monoisotopic (exact) mass is 269 g/mol. The lowest BCUT2D eigenvalue weighted by Crippen LogP contribution is -2.41. The molecule has 0 aromatic heterocycles. The molecule has 1 amide bonds. The number of ether oxygens (including phenoxy) is 1. The molecule has 1 saturated heterocycles. The van der Waals surface area contributed by atoms with Crippen LogP contribution in [0.15, 0.2) is 0 Å². The maximum absolute atomic E-state index is 12.1. The van der Waals surface area contributed by atoms with Gasteiger partial charge in [-0.15, -0.1) is 0 Å². The van der Waals surface area contributed by atoms with Crippen LogP contribution in [-0.4, -0.2) is 36.7 Å². The standard InChI is InChI=1S/C14H23NO4/c1-14(4-6-19-7-5-14)9-15-12(16)10-2-3-11(8-10)13(17)18/h10-11H,2-9H2,1H3,(H,15,16)(H,17,18). The lowest BCUT2D eigenvalue weighted by molar-refractivity contribution is -0.141. The first-order chi connectivity index (χ1) is 9.00. The van der Waals surface area contributed by atoms with Crippen molar-refractivity contribution in [3.63, 3.8) is 0 Å². The number of rotatable bonds is 4. The first-order valence-corrected chi connectivity index (χ1v) is 7.08. The van der Waals surface area contributed by atoms with E-state index < -0.39 is 5.97 Å². The van der Waals surface area contributed by atoms with E-state index in [-0.39, 0.29) is 23.2 Å². The minimum Gasteiger partial charge on any atom is -0.481 e. The average molecular weight is 269 g/mol. The van der Waals surface area contributed by atoms with Crippen molar-refractivity contribution in [1.29, 1.82) is 0 Å². The smallest absolute Gasteiger partial charge is 0.306 e. The summed E-state index contributed by atoms with van der Waals surface area (Å²) in [4.78, 5) is 22.9. The molecule has 0 radical (unpaired) electrons. The van der Waals surface area contributed by atoms with Gasteiger partial charge in [0, 0.05) is 25.7 Å². The highest BCUT2D eigenvalue weighted by Crippen LogP contribution is 2.32. The first kappa shape index (κ1) is 14.3. The molecular formula is C14H23NO4. The number of carbonyl (C=O) groups excluding carboxylic acids is 1. The zero-order chi connectivity index (χ0) is 13.9. The van der Waals surface area contributed by atoms with E-state index in [0.29, 0.717) is 25.8 Å². The lowest BCUT2D eigenvalue weighted by Gasteiger charge is -2.33. The van der Waals surface area contributed by atoms with E-state index in [4.69, 9.17) is 9.84 Å². The fourth-order valence-corrected chi connectivity index (χ4v) is 2.93. The summed E-state index contributed by atoms with van der Waals surface area (Å²) in [5.41, 5.74) is 0.124. The highest BCUT2D eigenvalue weighted by Gasteiger charge is 2.35. The molecule has 5 nitrogen and oxygen atoms in total. The van der Waals surface area contributed by atoms with Gasteiger partial charge in [0.25, 0.3) is 0 Å².